The van der Waals surface area contributed by atoms with Gasteiger partial charge in [-0.25, -0.2) is 4.79 Å². The predicted octanol–water partition coefficient (Wildman–Crippen LogP) is -1.00. The maximum absolute atomic E-state index is 10.9. The summed E-state index contributed by atoms with van der Waals surface area (Å²) in [4.78, 5) is 22.7. The molecule has 5 heteroatoms. The topological polar surface area (TPSA) is 66.8 Å². The number of aliphatic hydroxyl groups excluding tert-OH is 1. The number of ether oxygens (including phenoxy) is 1. The second kappa shape index (κ2) is 4.71. The molecule has 0 bridgehead atoms. The second-order valence-corrected chi connectivity index (χ2v) is 2.53. The molecule has 5 nitrogen and oxygen atoms in total. The zero-order chi connectivity index (χ0) is 9.72. The summed E-state index contributed by atoms with van der Waals surface area (Å²) < 4.78 is 4.20. The number of methoxy groups -OCH3 is 1. The van der Waals surface area contributed by atoms with Crippen LogP contribution in [0.2, 0.25) is 0 Å². The van der Waals surface area contributed by atoms with Crippen LogP contribution in [0.15, 0.2) is 0 Å². The smallest absolute Gasteiger partial charge is 0.396 e. The van der Waals surface area contributed by atoms with E-state index in [2.05, 4.69) is 4.74 Å². The highest BCUT2D eigenvalue weighted by Gasteiger charge is 2.19. The fourth-order valence-corrected chi connectivity index (χ4v) is 0.722. The van der Waals surface area contributed by atoms with Gasteiger partial charge in [0.25, 0.3) is 0 Å². The Hall–Kier alpha value is -1.10. The lowest BCUT2D eigenvalue weighted by Gasteiger charge is -2.16. The molecule has 0 aliphatic rings. The van der Waals surface area contributed by atoms with Crippen LogP contribution in [0, 0.1) is 0 Å². The highest BCUT2D eigenvalue weighted by molar-refractivity contribution is 6.32. The summed E-state index contributed by atoms with van der Waals surface area (Å²) in [6.45, 7) is 1.65. The van der Waals surface area contributed by atoms with Crippen LogP contribution in [0.4, 0.5) is 0 Å². The van der Waals surface area contributed by atoms with Gasteiger partial charge in [0.05, 0.1) is 13.2 Å². The number of rotatable bonds is 2. The number of esters is 1. The van der Waals surface area contributed by atoms with Crippen LogP contribution in [-0.2, 0) is 14.3 Å². The Kier molecular flexibility index (Phi) is 4.28. The number of amides is 1. The minimum absolute atomic E-state index is 0.119. The molecule has 0 aromatic heterocycles. The summed E-state index contributed by atoms with van der Waals surface area (Å²) in [5, 5.41) is 8.88. The van der Waals surface area contributed by atoms with E-state index in [0.717, 1.165) is 12.0 Å². The first-order valence-corrected chi connectivity index (χ1v) is 3.50. The van der Waals surface area contributed by atoms with E-state index >= 15 is 0 Å². The van der Waals surface area contributed by atoms with E-state index in [4.69, 9.17) is 5.11 Å². The summed E-state index contributed by atoms with van der Waals surface area (Å²) in [5.41, 5.74) is 0. The van der Waals surface area contributed by atoms with E-state index in [1.165, 1.54) is 14.0 Å². The van der Waals surface area contributed by atoms with E-state index in [1.54, 1.807) is 0 Å². The Labute approximate surface area is 70.9 Å². The molecule has 1 atom stereocenters. The summed E-state index contributed by atoms with van der Waals surface area (Å²) >= 11 is 0. The van der Waals surface area contributed by atoms with E-state index in [-0.39, 0.29) is 6.54 Å². The number of nitrogens with zero attached hydrogens (tertiary/aromatic N) is 1. The van der Waals surface area contributed by atoms with Crippen LogP contribution < -0.4 is 0 Å². The molecule has 70 valence electrons. The normalized spacial score (nSPS) is 12.0. The van der Waals surface area contributed by atoms with Gasteiger partial charge in [0.15, 0.2) is 0 Å². The van der Waals surface area contributed by atoms with Gasteiger partial charge in [-0.1, -0.05) is 0 Å². The largest absolute Gasteiger partial charge is 0.462 e. The number of likely N-dealkylation sites (N-methyl/N-ethyl adjacent to an activating group) is 1. The summed E-state index contributed by atoms with van der Waals surface area (Å²) in [5.74, 6) is -1.67. The third kappa shape index (κ3) is 3.34. The van der Waals surface area contributed by atoms with Gasteiger partial charge in [0.1, 0.15) is 0 Å². The van der Waals surface area contributed by atoms with Crippen molar-refractivity contribution in [3.63, 3.8) is 0 Å². The van der Waals surface area contributed by atoms with Crippen molar-refractivity contribution in [2.45, 2.75) is 13.0 Å². The molecule has 0 heterocycles. The maximum atomic E-state index is 10.9. The number of aliphatic hydroxyl groups is 1. The number of hydrogen-bond acceptors (Lipinski definition) is 4. The van der Waals surface area contributed by atoms with Crippen molar-refractivity contribution in [1.29, 1.82) is 0 Å². The molecule has 0 rings (SSSR count). The minimum atomic E-state index is -0.918. The molecule has 0 spiro atoms. The fourth-order valence-electron chi connectivity index (χ4n) is 0.722. The van der Waals surface area contributed by atoms with E-state index < -0.39 is 18.0 Å². The predicted molar refractivity (Wildman–Crippen MR) is 41.3 cm³/mol. The number of carbonyl (C=O) groups is 2. The first kappa shape index (κ1) is 10.9. The van der Waals surface area contributed by atoms with Gasteiger partial charge < -0.3 is 14.7 Å². The zero-order valence-corrected chi connectivity index (χ0v) is 7.40. The van der Waals surface area contributed by atoms with Crippen molar-refractivity contribution < 1.29 is 19.4 Å². The van der Waals surface area contributed by atoms with Gasteiger partial charge in [0, 0.05) is 13.6 Å². The van der Waals surface area contributed by atoms with Crippen LogP contribution in [-0.4, -0.2) is 48.7 Å². The molecule has 1 N–H and O–H groups in total. The van der Waals surface area contributed by atoms with Crippen LogP contribution in [0.25, 0.3) is 0 Å². The Morgan fingerprint density at radius 1 is 1.58 bits per heavy atom. The highest BCUT2D eigenvalue weighted by Crippen LogP contribution is 1.90. The van der Waals surface area contributed by atoms with Crippen molar-refractivity contribution in [2.75, 3.05) is 20.7 Å². The monoisotopic (exact) mass is 175 g/mol. The lowest BCUT2D eigenvalue weighted by Crippen LogP contribution is -2.38. The van der Waals surface area contributed by atoms with Gasteiger partial charge in [-0.05, 0) is 6.92 Å². The van der Waals surface area contributed by atoms with Gasteiger partial charge in [-0.15, -0.1) is 0 Å². The van der Waals surface area contributed by atoms with Crippen molar-refractivity contribution in [3.8, 4) is 0 Å². The molecular weight excluding hydrogens is 162 g/mol. The summed E-state index contributed by atoms with van der Waals surface area (Å²) in [6, 6.07) is 0. The second-order valence-electron chi connectivity index (χ2n) is 2.53. The Balaban J connectivity index is 4.01. The van der Waals surface area contributed by atoms with Crippen molar-refractivity contribution in [3.05, 3.63) is 0 Å². The molecule has 0 aromatic carbocycles. The molecule has 0 fully saturated rings. The van der Waals surface area contributed by atoms with E-state index in [0.29, 0.717) is 0 Å². The molecule has 0 radical (unpaired) electrons. The molecule has 0 aliphatic heterocycles. The fraction of sp³-hybridized carbons (Fsp3) is 0.714. The van der Waals surface area contributed by atoms with Gasteiger partial charge in [-0.3, -0.25) is 4.79 Å². The van der Waals surface area contributed by atoms with Gasteiger partial charge in [-0.2, -0.15) is 0 Å². The average Bonchev–Trinajstić information content (AvgIpc) is 2.00. The van der Waals surface area contributed by atoms with E-state index in [9.17, 15) is 9.59 Å². The first-order chi connectivity index (χ1) is 5.49. The summed E-state index contributed by atoms with van der Waals surface area (Å²) in [7, 11) is 2.56. The van der Waals surface area contributed by atoms with Crippen LogP contribution in [0.1, 0.15) is 6.92 Å². The standard InChI is InChI=1S/C7H13NO4/c1-5(9)4-8(2)6(10)7(11)12-3/h5,9H,4H2,1-3H3. The first-order valence-electron chi connectivity index (χ1n) is 3.50. The van der Waals surface area contributed by atoms with Gasteiger partial charge >= 0.3 is 11.9 Å². The van der Waals surface area contributed by atoms with Crippen molar-refractivity contribution in [2.24, 2.45) is 0 Å². The SMILES string of the molecule is COC(=O)C(=O)N(C)CC(C)O. The zero-order valence-electron chi connectivity index (χ0n) is 7.40. The molecule has 12 heavy (non-hydrogen) atoms. The van der Waals surface area contributed by atoms with Crippen LogP contribution in [0.5, 0.6) is 0 Å². The third-order valence-electron chi connectivity index (χ3n) is 1.24. The van der Waals surface area contributed by atoms with Crippen LogP contribution in [0.3, 0.4) is 0 Å². The van der Waals surface area contributed by atoms with Crippen LogP contribution >= 0.6 is 0 Å². The molecule has 1 amide bonds. The molecule has 0 aliphatic carbocycles. The molecule has 1 unspecified atom stereocenters. The molecule has 0 aromatic rings. The average molecular weight is 175 g/mol. The number of carbonyl (C=O) groups excluding carboxylic acids is 2. The molecule has 0 saturated carbocycles. The minimum Gasteiger partial charge on any atom is -0.462 e. The lowest BCUT2D eigenvalue weighted by molar-refractivity contribution is -0.157. The van der Waals surface area contributed by atoms with E-state index in [1.807, 2.05) is 0 Å². The van der Waals surface area contributed by atoms with Crippen molar-refractivity contribution >= 4 is 11.9 Å². The summed E-state index contributed by atoms with van der Waals surface area (Å²) in [6.07, 6.45) is -0.649. The Morgan fingerprint density at radius 3 is 2.42 bits per heavy atom. The van der Waals surface area contributed by atoms with Crippen molar-refractivity contribution in [1.82, 2.24) is 4.90 Å². The Bertz CT molecular complexity index is 178. The molecular formula is C7H13NO4. The quantitative estimate of drug-likeness (QED) is 0.431. The Morgan fingerprint density at radius 2 is 2.08 bits per heavy atom. The highest BCUT2D eigenvalue weighted by atomic mass is 16.5. The third-order valence-corrected chi connectivity index (χ3v) is 1.24. The lowest BCUT2D eigenvalue weighted by atomic mass is 10.3. The van der Waals surface area contributed by atoms with Gasteiger partial charge in [0.2, 0.25) is 0 Å². The maximum Gasteiger partial charge on any atom is 0.396 e. The number of hydrogen-bond donors (Lipinski definition) is 1. The molecule has 0 saturated heterocycles.